The van der Waals surface area contributed by atoms with Crippen LogP contribution in [-0.4, -0.2) is 0 Å². The van der Waals surface area contributed by atoms with E-state index in [-0.39, 0.29) is 17.8 Å². The molecule has 0 unspecified atom stereocenters. The van der Waals surface area contributed by atoms with Crippen molar-refractivity contribution in [1.82, 2.24) is 0 Å². The Labute approximate surface area is 106 Å². The maximum Gasteiger partial charge on any atom is 0.418 e. The van der Waals surface area contributed by atoms with Crippen LogP contribution in [0.5, 0.6) is 0 Å². The Kier molecular flexibility index (Phi) is 3.71. The molecule has 0 fully saturated rings. The molecule has 5 heteroatoms. The van der Waals surface area contributed by atoms with Crippen LogP contribution in [0, 0.1) is 11.2 Å². The SMILES string of the molecule is Fc1cccc(CCc2cs[c]c2C(F)(F)F)c1. The summed E-state index contributed by atoms with van der Waals surface area (Å²) in [5.41, 5.74) is 0.204. The fourth-order valence-electron chi connectivity index (χ4n) is 1.68. The molecule has 0 aliphatic carbocycles. The van der Waals surface area contributed by atoms with Crippen molar-refractivity contribution in [2.45, 2.75) is 19.0 Å². The van der Waals surface area contributed by atoms with Crippen LogP contribution >= 0.6 is 11.3 Å². The summed E-state index contributed by atoms with van der Waals surface area (Å²) in [6.45, 7) is 0. The summed E-state index contributed by atoms with van der Waals surface area (Å²) in [6, 6.07) is 5.90. The average molecular weight is 273 g/mol. The number of alkyl halides is 3. The summed E-state index contributed by atoms with van der Waals surface area (Å²) in [6.07, 6.45) is -3.75. The molecule has 18 heavy (non-hydrogen) atoms. The molecule has 1 aromatic carbocycles. The highest BCUT2D eigenvalue weighted by Crippen LogP contribution is 2.34. The smallest absolute Gasteiger partial charge is 0.207 e. The van der Waals surface area contributed by atoms with Gasteiger partial charge in [-0.2, -0.15) is 13.2 Å². The summed E-state index contributed by atoms with van der Waals surface area (Å²) >= 11 is 0.912. The minimum Gasteiger partial charge on any atom is -0.207 e. The third-order valence-corrected chi connectivity index (χ3v) is 3.26. The molecule has 0 aliphatic heterocycles. The largest absolute Gasteiger partial charge is 0.418 e. The molecular weight excluding hydrogens is 264 g/mol. The van der Waals surface area contributed by atoms with Gasteiger partial charge in [0.1, 0.15) is 5.82 Å². The molecule has 0 atom stereocenters. The van der Waals surface area contributed by atoms with E-state index in [1.54, 1.807) is 12.1 Å². The maximum atomic E-state index is 12.9. The summed E-state index contributed by atoms with van der Waals surface area (Å²) in [5.74, 6) is -0.375. The predicted octanol–water partition coefficient (Wildman–Crippen LogP) is 4.49. The van der Waals surface area contributed by atoms with E-state index in [4.69, 9.17) is 0 Å². The van der Waals surface area contributed by atoms with Crippen molar-refractivity contribution in [3.05, 3.63) is 57.5 Å². The molecule has 0 bridgehead atoms. The maximum absolute atomic E-state index is 12.9. The average Bonchev–Trinajstić information content (AvgIpc) is 2.74. The summed E-state index contributed by atoms with van der Waals surface area (Å²) in [5, 5.41) is 3.68. The number of hydrogen-bond acceptors (Lipinski definition) is 1. The molecule has 0 saturated heterocycles. The van der Waals surface area contributed by atoms with Crippen LogP contribution in [0.1, 0.15) is 16.7 Å². The molecule has 95 valence electrons. The third kappa shape index (κ3) is 3.10. The minimum absolute atomic E-state index is 0.219. The van der Waals surface area contributed by atoms with E-state index < -0.39 is 11.7 Å². The number of halogens is 4. The van der Waals surface area contributed by atoms with Gasteiger partial charge in [0, 0.05) is 0 Å². The highest BCUT2D eigenvalue weighted by Gasteiger charge is 2.34. The second kappa shape index (κ2) is 5.10. The topological polar surface area (TPSA) is 0 Å². The summed E-state index contributed by atoms with van der Waals surface area (Å²) < 4.78 is 50.7. The van der Waals surface area contributed by atoms with Crippen LogP contribution in [0.25, 0.3) is 0 Å². The van der Waals surface area contributed by atoms with Gasteiger partial charge in [-0.3, -0.25) is 0 Å². The van der Waals surface area contributed by atoms with Crippen LogP contribution in [0.15, 0.2) is 29.6 Å². The lowest BCUT2D eigenvalue weighted by atomic mass is 10.0. The van der Waals surface area contributed by atoms with E-state index in [1.165, 1.54) is 17.5 Å². The van der Waals surface area contributed by atoms with Gasteiger partial charge in [-0.05, 0) is 41.5 Å². The van der Waals surface area contributed by atoms with Crippen molar-refractivity contribution in [3.63, 3.8) is 0 Å². The van der Waals surface area contributed by atoms with Gasteiger partial charge < -0.3 is 0 Å². The van der Waals surface area contributed by atoms with Gasteiger partial charge in [-0.1, -0.05) is 12.1 Å². The Hall–Kier alpha value is -1.36. The van der Waals surface area contributed by atoms with Crippen LogP contribution in [-0.2, 0) is 19.0 Å². The Bertz CT molecular complexity index is 528. The molecule has 2 aromatic rings. The Morgan fingerprint density at radius 3 is 2.61 bits per heavy atom. The normalized spacial score (nSPS) is 11.8. The van der Waals surface area contributed by atoms with Crippen molar-refractivity contribution < 1.29 is 17.6 Å². The van der Waals surface area contributed by atoms with Gasteiger partial charge in [0.15, 0.2) is 0 Å². The number of aryl methyl sites for hydroxylation is 2. The van der Waals surface area contributed by atoms with Gasteiger partial charge in [-0.25, -0.2) is 4.39 Å². The molecule has 0 N–H and O–H groups in total. The lowest BCUT2D eigenvalue weighted by Crippen LogP contribution is -2.07. The molecule has 1 radical (unpaired) electrons. The molecule has 0 nitrogen and oxygen atoms in total. The van der Waals surface area contributed by atoms with E-state index in [1.807, 2.05) is 0 Å². The molecule has 0 spiro atoms. The molecule has 1 aromatic heterocycles. The molecule has 2 rings (SSSR count). The van der Waals surface area contributed by atoms with Crippen molar-refractivity contribution >= 4 is 11.3 Å². The summed E-state index contributed by atoms with van der Waals surface area (Å²) in [7, 11) is 0. The van der Waals surface area contributed by atoms with Gasteiger partial charge >= 0.3 is 6.18 Å². The monoisotopic (exact) mass is 273 g/mol. The quantitative estimate of drug-likeness (QED) is 0.723. The Balaban J connectivity index is 2.09. The van der Waals surface area contributed by atoms with E-state index in [0.717, 1.165) is 11.3 Å². The highest BCUT2D eigenvalue weighted by atomic mass is 32.1. The fourth-order valence-corrected chi connectivity index (χ4v) is 2.48. The zero-order chi connectivity index (χ0) is 13.2. The first-order valence-electron chi connectivity index (χ1n) is 5.26. The highest BCUT2D eigenvalue weighted by molar-refractivity contribution is 7.07. The van der Waals surface area contributed by atoms with Crippen molar-refractivity contribution in [2.24, 2.45) is 0 Å². The van der Waals surface area contributed by atoms with Gasteiger partial charge in [-0.15, -0.1) is 11.3 Å². The van der Waals surface area contributed by atoms with Gasteiger partial charge in [0.25, 0.3) is 0 Å². The van der Waals surface area contributed by atoms with Gasteiger partial charge in [0.05, 0.1) is 10.9 Å². The van der Waals surface area contributed by atoms with Crippen LogP contribution in [0.3, 0.4) is 0 Å². The Morgan fingerprint density at radius 1 is 1.17 bits per heavy atom. The zero-order valence-corrected chi connectivity index (χ0v) is 10.0. The zero-order valence-electron chi connectivity index (χ0n) is 9.22. The second-order valence-electron chi connectivity index (χ2n) is 3.87. The number of rotatable bonds is 3. The first-order valence-corrected chi connectivity index (χ1v) is 6.14. The predicted molar refractivity (Wildman–Crippen MR) is 62.0 cm³/mol. The fraction of sp³-hybridized carbons (Fsp3) is 0.231. The molecule has 0 amide bonds. The lowest BCUT2D eigenvalue weighted by Gasteiger charge is -2.07. The summed E-state index contributed by atoms with van der Waals surface area (Å²) in [4.78, 5) is 0. The third-order valence-electron chi connectivity index (χ3n) is 2.54. The van der Waals surface area contributed by atoms with E-state index in [2.05, 4.69) is 5.38 Å². The Morgan fingerprint density at radius 2 is 1.94 bits per heavy atom. The molecule has 1 heterocycles. The standard InChI is InChI=1S/C13H9F4S/c14-11-3-1-2-9(6-11)4-5-10-7-18-8-12(10)13(15,16)17/h1-3,6-7H,4-5H2. The van der Waals surface area contributed by atoms with Gasteiger partial charge in [0.2, 0.25) is 0 Å². The minimum atomic E-state index is -4.36. The van der Waals surface area contributed by atoms with Crippen LogP contribution < -0.4 is 0 Å². The number of benzene rings is 1. The van der Waals surface area contributed by atoms with Crippen LogP contribution in [0.2, 0.25) is 0 Å². The number of thiophene rings is 1. The van der Waals surface area contributed by atoms with Crippen molar-refractivity contribution in [2.75, 3.05) is 0 Å². The second-order valence-corrected chi connectivity index (χ2v) is 4.54. The lowest BCUT2D eigenvalue weighted by molar-refractivity contribution is -0.138. The van der Waals surface area contributed by atoms with E-state index in [9.17, 15) is 17.6 Å². The molecular formula is C13H9F4S. The van der Waals surface area contributed by atoms with Crippen molar-refractivity contribution in [1.29, 1.82) is 0 Å². The first kappa shape index (κ1) is 13.1. The number of hydrogen-bond donors (Lipinski definition) is 0. The first-order chi connectivity index (χ1) is 8.47. The molecule has 0 aliphatic rings. The van der Waals surface area contributed by atoms with E-state index in [0.29, 0.717) is 12.0 Å². The van der Waals surface area contributed by atoms with E-state index >= 15 is 0 Å². The molecule has 0 saturated carbocycles. The van der Waals surface area contributed by atoms with Crippen LogP contribution in [0.4, 0.5) is 17.6 Å². The van der Waals surface area contributed by atoms with Crippen molar-refractivity contribution in [3.8, 4) is 0 Å².